The SMILES string of the molecule is C=CC(C)(C)c1cc2c(OC)c3c(c(C(C)(C)C=C)c2oc1=O)OC(C)(C)C(C1=Cc2c(c(C(C)(C)C=C)c4oc(=O)ccc4c2OC)OC1(C)C)=C3. The Morgan fingerprint density at radius 3 is 1.51 bits per heavy atom. The molecule has 4 aromatic rings. The van der Waals surface area contributed by atoms with E-state index in [4.69, 9.17) is 27.8 Å². The number of hydrogen-bond donors (Lipinski definition) is 0. The summed E-state index contributed by atoms with van der Waals surface area (Å²) in [6.07, 6.45) is 9.54. The Hall–Kier alpha value is -5.24. The lowest BCUT2D eigenvalue weighted by Crippen LogP contribution is -2.43. The van der Waals surface area contributed by atoms with E-state index in [9.17, 15) is 9.59 Å². The van der Waals surface area contributed by atoms with Crippen LogP contribution in [0.25, 0.3) is 34.1 Å². The summed E-state index contributed by atoms with van der Waals surface area (Å²) in [6.45, 7) is 32.1. The largest absolute Gasteiger partial charge is 0.495 e. The van der Waals surface area contributed by atoms with E-state index < -0.39 is 38.7 Å². The zero-order valence-electron chi connectivity index (χ0n) is 33.0. The Balaban J connectivity index is 1.76. The average molecular weight is 719 g/mol. The minimum absolute atomic E-state index is 0.377. The van der Waals surface area contributed by atoms with Crippen molar-refractivity contribution in [3.8, 4) is 23.0 Å². The molecule has 278 valence electrons. The van der Waals surface area contributed by atoms with Crippen LogP contribution in [-0.2, 0) is 16.2 Å². The fourth-order valence-corrected chi connectivity index (χ4v) is 7.49. The molecular weight excluding hydrogens is 668 g/mol. The Morgan fingerprint density at radius 2 is 1.08 bits per heavy atom. The van der Waals surface area contributed by atoms with Crippen molar-refractivity contribution in [1.29, 1.82) is 0 Å². The van der Waals surface area contributed by atoms with Crippen LogP contribution in [0, 0.1) is 0 Å². The van der Waals surface area contributed by atoms with Crippen molar-refractivity contribution in [3.63, 3.8) is 0 Å². The van der Waals surface area contributed by atoms with Crippen LogP contribution in [0.4, 0.5) is 0 Å². The van der Waals surface area contributed by atoms with Gasteiger partial charge in [0.25, 0.3) is 0 Å². The lowest BCUT2D eigenvalue weighted by atomic mass is 9.74. The number of rotatable bonds is 9. The van der Waals surface area contributed by atoms with Crippen LogP contribution >= 0.6 is 0 Å². The fourth-order valence-electron chi connectivity index (χ4n) is 7.49. The molecule has 0 atom stereocenters. The molecule has 8 nitrogen and oxygen atoms in total. The van der Waals surface area contributed by atoms with Gasteiger partial charge in [-0.05, 0) is 52.0 Å². The van der Waals surface area contributed by atoms with Gasteiger partial charge in [0, 0.05) is 50.1 Å². The standard InChI is InChI=1S/C45H50O8/c1-16-41(4,5)30-23-25-35(49-15)27-22-29(45(12,13)53-39(27)33(43(8,9)18-3)37(25)51-40(30)47)28-21-26-34(48-14)24-19-20-31(46)50-36(24)32(42(6,7)17-2)38(26)52-44(28,10)11/h16-23H,1-3H2,4-15H3. The van der Waals surface area contributed by atoms with Gasteiger partial charge in [0.2, 0.25) is 0 Å². The second kappa shape index (κ2) is 12.2. The lowest BCUT2D eigenvalue weighted by Gasteiger charge is -2.44. The predicted molar refractivity (Wildman–Crippen MR) is 213 cm³/mol. The van der Waals surface area contributed by atoms with Crippen LogP contribution in [-0.4, -0.2) is 25.4 Å². The number of fused-ring (bicyclic) bond motifs is 4. The van der Waals surface area contributed by atoms with E-state index in [0.717, 1.165) is 11.1 Å². The summed E-state index contributed by atoms with van der Waals surface area (Å²) in [4.78, 5) is 26.2. The first-order valence-electron chi connectivity index (χ1n) is 17.7. The molecule has 53 heavy (non-hydrogen) atoms. The minimum Gasteiger partial charge on any atom is -0.495 e. The summed E-state index contributed by atoms with van der Waals surface area (Å²) in [7, 11) is 3.19. The van der Waals surface area contributed by atoms with Gasteiger partial charge in [-0.2, -0.15) is 0 Å². The smallest absolute Gasteiger partial charge is 0.340 e. The quantitative estimate of drug-likeness (QED) is 0.125. The first-order valence-corrected chi connectivity index (χ1v) is 17.7. The average Bonchev–Trinajstić information content (AvgIpc) is 3.08. The monoisotopic (exact) mass is 718 g/mol. The van der Waals surface area contributed by atoms with Crippen LogP contribution in [0.5, 0.6) is 23.0 Å². The van der Waals surface area contributed by atoms with Gasteiger partial charge in [-0.25, -0.2) is 9.59 Å². The van der Waals surface area contributed by atoms with E-state index in [1.54, 1.807) is 26.4 Å². The van der Waals surface area contributed by atoms with Crippen LogP contribution in [0.15, 0.2) is 85.7 Å². The van der Waals surface area contributed by atoms with Crippen LogP contribution in [0.3, 0.4) is 0 Å². The molecule has 0 bridgehead atoms. The molecule has 2 aromatic heterocycles. The van der Waals surface area contributed by atoms with Crippen molar-refractivity contribution < 1.29 is 27.8 Å². The molecule has 0 fully saturated rings. The lowest BCUT2D eigenvalue weighted by molar-refractivity contribution is 0.116. The summed E-state index contributed by atoms with van der Waals surface area (Å²) in [5, 5.41) is 1.27. The third-order valence-electron chi connectivity index (χ3n) is 11.0. The third-order valence-corrected chi connectivity index (χ3v) is 11.0. The van der Waals surface area contributed by atoms with Gasteiger partial charge in [-0.1, -0.05) is 59.8 Å². The first-order chi connectivity index (χ1) is 24.6. The topological polar surface area (TPSA) is 97.3 Å². The molecular formula is C45H50O8. The predicted octanol–water partition coefficient (Wildman–Crippen LogP) is 10.1. The molecule has 0 radical (unpaired) electrons. The van der Waals surface area contributed by atoms with Crippen molar-refractivity contribution in [2.24, 2.45) is 0 Å². The van der Waals surface area contributed by atoms with E-state index in [0.29, 0.717) is 72.8 Å². The van der Waals surface area contributed by atoms with Gasteiger partial charge in [-0.3, -0.25) is 0 Å². The Kier molecular flexibility index (Phi) is 8.60. The summed E-state index contributed by atoms with van der Waals surface area (Å²) in [5.74, 6) is 2.09. The molecule has 0 spiro atoms. The summed E-state index contributed by atoms with van der Waals surface area (Å²) in [6, 6.07) is 4.96. The van der Waals surface area contributed by atoms with Gasteiger partial charge < -0.3 is 27.8 Å². The van der Waals surface area contributed by atoms with Gasteiger partial charge in [-0.15, -0.1) is 19.7 Å². The van der Waals surface area contributed by atoms with E-state index in [-0.39, 0.29) is 0 Å². The van der Waals surface area contributed by atoms with Crippen molar-refractivity contribution in [2.75, 3.05) is 14.2 Å². The maximum atomic E-state index is 13.6. The minimum atomic E-state index is -0.924. The molecule has 0 amide bonds. The van der Waals surface area contributed by atoms with E-state index >= 15 is 0 Å². The Labute approximate surface area is 311 Å². The summed E-state index contributed by atoms with van der Waals surface area (Å²) in [5.41, 5.74) is 0.922. The van der Waals surface area contributed by atoms with Crippen molar-refractivity contribution in [2.45, 2.75) is 96.7 Å². The molecule has 0 unspecified atom stereocenters. The molecule has 6 rings (SSSR count). The van der Waals surface area contributed by atoms with Crippen LogP contribution < -0.4 is 30.2 Å². The molecule has 2 aliphatic heterocycles. The highest BCUT2D eigenvalue weighted by Crippen LogP contribution is 2.56. The van der Waals surface area contributed by atoms with Gasteiger partial charge in [0.1, 0.15) is 45.4 Å². The summed E-state index contributed by atoms with van der Waals surface area (Å²) < 4.78 is 38.4. The first kappa shape index (κ1) is 37.5. The van der Waals surface area contributed by atoms with E-state index in [1.165, 1.54) is 6.07 Å². The molecule has 0 N–H and O–H groups in total. The van der Waals surface area contributed by atoms with Gasteiger partial charge in [0.05, 0.1) is 36.1 Å². The number of hydrogen-bond acceptors (Lipinski definition) is 8. The van der Waals surface area contributed by atoms with Crippen molar-refractivity contribution >= 4 is 34.1 Å². The molecule has 0 saturated heterocycles. The van der Waals surface area contributed by atoms with Gasteiger partial charge >= 0.3 is 11.3 Å². The maximum absolute atomic E-state index is 13.6. The third kappa shape index (κ3) is 5.65. The highest BCUT2D eigenvalue weighted by Gasteiger charge is 2.46. The van der Waals surface area contributed by atoms with E-state index in [1.807, 2.05) is 87.5 Å². The number of methoxy groups -OCH3 is 2. The summed E-state index contributed by atoms with van der Waals surface area (Å²) >= 11 is 0. The normalized spacial score (nSPS) is 16.4. The van der Waals surface area contributed by atoms with Crippen LogP contribution in [0.1, 0.15) is 97.1 Å². The number of allylic oxidation sites excluding steroid dienone is 3. The van der Waals surface area contributed by atoms with Crippen molar-refractivity contribution in [3.05, 3.63) is 116 Å². The van der Waals surface area contributed by atoms with Gasteiger partial charge in [0.15, 0.2) is 0 Å². The Morgan fingerprint density at radius 1 is 0.642 bits per heavy atom. The molecule has 0 aliphatic carbocycles. The van der Waals surface area contributed by atoms with Crippen LogP contribution in [0.2, 0.25) is 0 Å². The fraction of sp³-hybridized carbons (Fsp3) is 0.378. The zero-order chi connectivity index (χ0) is 39.2. The number of ether oxygens (including phenoxy) is 4. The molecule has 4 heterocycles. The zero-order valence-corrected chi connectivity index (χ0v) is 33.0. The van der Waals surface area contributed by atoms with Crippen molar-refractivity contribution in [1.82, 2.24) is 0 Å². The second-order valence-corrected chi connectivity index (χ2v) is 16.6. The molecule has 2 aromatic carbocycles. The second-order valence-electron chi connectivity index (χ2n) is 16.6. The highest BCUT2D eigenvalue weighted by atomic mass is 16.5. The molecule has 8 heteroatoms. The molecule has 2 aliphatic rings. The highest BCUT2D eigenvalue weighted by molar-refractivity contribution is 5.99. The maximum Gasteiger partial charge on any atom is 0.340 e. The number of benzene rings is 2. The Bertz CT molecular complexity index is 2440. The molecule has 0 saturated carbocycles. The van der Waals surface area contributed by atoms with E-state index in [2.05, 4.69) is 31.9 Å².